The second kappa shape index (κ2) is 16.0. The Morgan fingerprint density at radius 2 is 1.69 bits per heavy atom. The van der Waals surface area contributed by atoms with Gasteiger partial charge in [0.2, 0.25) is 0 Å². The Bertz CT molecular complexity index is 1280. The van der Waals surface area contributed by atoms with Crippen molar-refractivity contribution in [2.24, 2.45) is 0 Å². The van der Waals surface area contributed by atoms with E-state index in [1.54, 1.807) is 12.4 Å². The second-order valence-electron chi connectivity index (χ2n) is 9.75. The maximum Gasteiger partial charge on any atom is 0.336 e. The number of carboxylic acid groups (broad SMARTS) is 3. The lowest BCUT2D eigenvalue weighted by Gasteiger charge is -2.29. The average molecular weight is 602 g/mol. The molecular weight excluding hydrogens is 566 g/mol. The van der Waals surface area contributed by atoms with Crippen LogP contribution in [-0.4, -0.2) is 94.4 Å². The molecule has 1 atom stereocenters. The Kier molecular flexibility index (Phi) is 12.4. The Morgan fingerprint density at radius 3 is 2.29 bits per heavy atom. The van der Waals surface area contributed by atoms with Gasteiger partial charge in [-0.1, -0.05) is 13.0 Å². The highest BCUT2D eigenvalue weighted by molar-refractivity contribution is 7.99. The smallest absolute Gasteiger partial charge is 0.336 e. The topological polar surface area (TPSA) is 190 Å². The highest BCUT2D eigenvalue weighted by atomic mass is 32.2. The van der Waals surface area contributed by atoms with Gasteiger partial charge in [-0.2, -0.15) is 0 Å². The lowest BCUT2D eigenvalue weighted by molar-refractivity contribution is -0.170. The highest BCUT2D eigenvalue weighted by Crippen LogP contribution is 2.27. The highest BCUT2D eigenvalue weighted by Gasteiger charge is 2.40. The van der Waals surface area contributed by atoms with Crippen LogP contribution in [0.3, 0.4) is 0 Å². The van der Waals surface area contributed by atoms with Crippen LogP contribution in [0.25, 0.3) is 0 Å². The third-order valence-corrected chi connectivity index (χ3v) is 7.34. The minimum Gasteiger partial charge on any atom is -0.481 e. The standard InChI is InChI=1S/C22H27N5OS.C6H8O7/c1-2-27-14-5-8-19(27)16-26(15-18-7-3-4-11-23-18)17-20-9-10-21(28-20)29-22-24-12-6-13-25-22;7-3(8)1-6(13,5(11)12)2-4(9)10/h3-4,6-7,9-13,19H,2,5,8,14-17H2,1H3;13H,1-2H2,(H,7,8)(H,9,10)(H,11,12). The van der Waals surface area contributed by atoms with Crippen molar-refractivity contribution in [2.45, 2.75) is 67.6 Å². The Balaban J connectivity index is 0.000000316. The van der Waals surface area contributed by atoms with Crippen molar-refractivity contribution in [1.29, 1.82) is 0 Å². The Morgan fingerprint density at radius 1 is 1.00 bits per heavy atom. The van der Waals surface area contributed by atoms with E-state index in [1.807, 2.05) is 24.4 Å². The molecule has 42 heavy (non-hydrogen) atoms. The van der Waals surface area contributed by atoms with Gasteiger partial charge in [-0.3, -0.25) is 24.4 Å². The maximum absolute atomic E-state index is 10.3. The van der Waals surface area contributed by atoms with Gasteiger partial charge in [0.15, 0.2) is 15.8 Å². The van der Waals surface area contributed by atoms with Crippen molar-refractivity contribution >= 4 is 29.7 Å². The number of aliphatic hydroxyl groups is 1. The lowest BCUT2D eigenvalue weighted by Crippen LogP contribution is -2.42. The first-order valence-electron chi connectivity index (χ1n) is 13.4. The van der Waals surface area contributed by atoms with Crippen molar-refractivity contribution in [3.8, 4) is 0 Å². The Hall–Kier alpha value is -3.85. The Labute approximate surface area is 247 Å². The van der Waals surface area contributed by atoms with Crippen LogP contribution in [0.2, 0.25) is 0 Å². The van der Waals surface area contributed by atoms with Crippen molar-refractivity contribution in [3.63, 3.8) is 0 Å². The van der Waals surface area contributed by atoms with Gasteiger partial charge in [-0.15, -0.1) is 0 Å². The number of carbonyl (C=O) groups is 3. The second-order valence-corrected chi connectivity index (χ2v) is 10.7. The molecule has 3 aromatic rings. The molecule has 0 aliphatic carbocycles. The number of likely N-dealkylation sites (N-methyl/N-ethyl adjacent to an activating group) is 1. The van der Waals surface area contributed by atoms with Gasteiger partial charge < -0.3 is 24.8 Å². The zero-order chi connectivity index (χ0) is 30.5. The first-order valence-corrected chi connectivity index (χ1v) is 14.2. The molecule has 4 rings (SSSR count). The summed E-state index contributed by atoms with van der Waals surface area (Å²) < 4.78 is 6.08. The van der Waals surface area contributed by atoms with Gasteiger partial charge in [0.05, 0.1) is 25.1 Å². The summed E-state index contributed by atoms with van der Waals surface area (Å²) in [6, 6.07) is 12.6. The molecule has 1 aliphatic rings. The predicted octanol–water partition coefficient (Wildman–Crippen LogP) is 2.85. The molecule has 0 bridgehead atoms. The number of nitrogens with zero attached hydrogens (tertiary/aromatic N) is 5. The molecule has 4 heterocycles. The molecule has 1 saturated heterocycles. The molecule has 0 spiro atoms. The van der Waals surface area contributed by atoms with Crippen LogP contribution < -0.4 is 0 Å². The number of carboxylic acids is 3. The first-order chi connectivity index (χ1) is 20.1. The number of aliphatic carboxylic acids is 3. The van der Waals surface area contributed by atoms with Crippen LogP contribution in [-0.2, 0) is 27.5 Å². The van der Waals surface area contributed by atoms with E-state index >= 15 is 0 Å². The van der Waals surface area contributed by atoms with Crippen molar-refractivity contribution in [1.82, 2.24) is 24.8 Å². The summed E-state index contributed by atoms with van der Waals surface area (Å²) in [5.41, 5.74) is -1.65. The molecule has 1 aliphatic heterocycles. The molecule has 1 unspecified atom stereocenters. The van der Waals surface area contributed by atoms with Gasteiger partial charge in [0.25, 0.3) is 0 Å². The average Bonchev–Trinajstić information content (AvgIpc) is 3.58. The summed E-state index contributed by atoms with van der Waals surface area (Å²) in [5.74, 6) is -4.06. The summed E-state index contributed by atoms with van der Waals surface area (Å²) in [6.45, 7) is 7.18. The number of hydrogen-bond donors (Lipinski definition) is 4. The quantitative estimate of drug-likeness (QED) is 0.197. The predicted molar refractivity (Wildman–Crippen MR) is 151 cm³/mol. The number of furan rings is 1. The molecule has 0 aromatic carbocycles. The summed E-state index contributed by atoms with van der Waals surface area (Å²) in [5, 5.41) is 35.3. The number of rotatable bonds is 14. The van der Waals surface area contributed by atoms with E-state index in [1.165, 1.54) is 31.1 Å². The zero-order valence-corrected chi connectivity index (χ0v) is 24.0. The fourth-order valence-electron chi connectivity index (χ4n) is 4.58. The summed E-state index contributed by atoms with van der Waals surface area (Å²) in [4.78, 5) is 48.6. The van der Waals surface area contributed by atoms with Crippen LogP contribution >= 0.6 is 11.8 Å². The molecule has 0 saturated carbocycles. The summed E-state index contributed by atoms with van der Waals surface area (Å²) in [6.07, 6.45) is 5.61. The number of likely N-dealkylation sites (tertiary alicyclic amines) is 1. The summed E-state index contributed by atoms with van der Waals surface area (Å²) in [7, 11) is 0. The SMILES string of the molecule is CCN1CCCC1CN(Cc1ccccn1)Cc1ccc(Sc2ncccn2)o1.O=C(O)CC(O)(CC(=O)O)C(=O)O. The molecule has 226 valence electrons. The monoisotopic (exact) mass is 601 g/mol. The number of pyridine rings is 1. The molecule has 0 amide bonds. The minimum absolute atomic E-state index is 0.602. The molecule has 4 N–H and O–H groups in total. The summed E-state index contributed by atoms with van der Waals surface area (Å²) >= 11 is 1.45. The van der Waals surface area contributed by atoms with Crippen LogP contribution in [0.15, 0.2) is 69.7 Å². The van der Waals surface area contributed by atoms with Crippen LogP contribution in [0.5, 0.6) is 0 Å². The van der Waals surface area contributed by atoms with Gasteiger partial charge in [-0.25, -0.2) is 14.8 Å². The van der Waals surface area contributed by atoms with Gasteiger partial charge in [0, 0.05) is 37.7 Å². The van der Waals surface area contributed by atoms with E-state index in [0.717, 1.165) is 42.7 Å². The van der Waals surface area contributed by atoms with Gasteiger partial charge in [0.1, 0.15) is 5.76 Å². The first kappa shape index (κ1) is 32.7. The van der Waals surface area contributed by atoms with Crippen molar-refractivity contribution < 1.29 is 39.2 Å². The van der Waals surface area contributed by atoms with E-state index in [0.29, 0.717) is 11.2 Å². The van der Waals surface area contributed by atoms with E-state index in [9.17, 15) is 14.4 Å². The molecule has 1 fully saturated rings. The third-order valence-electron chi connectivity index (χ3n) is 6.52. The molecular formula is C28H35N5O8S. The molecule has 3 aromatic heterocycles. The van der Waals surface area contributed by atoms with E-state index in [2.05, 4.69) is 49.9 Å². The van der Waals surface area contributed by atoms with Gasteiger partial charge in [-0.05, 0) is 68.0 Å². The van der Waals surface area contributed by atoms with Crippen LogP contribution in [0.4, 0.5) is 0 Å². The van der Waals surface area contributed by atoms with E-state index in [-0.39, 0.29) is 0 Å². The minimum atomic E-state index is -2.74. The molecule has 13 nitrogen and oxygen atoms in total. The van der Waals surface area contributed by atoms with E-state index in [4.69, 9.17) is 24.8 Å². The fraction of sp³-hybridized carbons (Fsp3) is 0.429. The zero-order valence-electron chi connectivity index (χ0n) is 23.2. The maximum atomic E-state index is 10.3. The van der Waals surface area contributed by atoms with Crippen LogP contribution in [0, 0.1) is 0 Å². The normalized spacial score (nSPS) is 15.3. The molecule has 0 radical (unpaired) electrons. The van der Waals surface area contributed by atoms with Gasteiger partial charge >= 0.3 is 17.9 Å². The molecule has 14 heteroatoms. The van der Waals surface area contributed by atoms with Crippen molar-refractivity contribution in [2.75, 3.05) is 19.6 Å². The fourth-order valence-corrected chi connectivity index (χ4v) is 5.27. The van der Waals surface area contributed by atoms with Crippen molar-refractivity contribution in [3.05, 3.63) is 66.4 Å². The number of aromatic nitrogens is 3. The third kappa shape index (κ3) is 10.5. The lowest BCUT2D eigenvalue weighted by atomic mass is 9.96. The largest absolute Gasteiger partial charge is 0.481 e. The van der Waals surface area contributed by atoms with Crippen LogP contribution in [0.1, 0.15) is 44.1 Å². The van der Waals surface area contributed by atoms with E-state index < -0.39 is 36.4 Å². The number of hydrogen-bond acceptors (Lipinski definition) is 11.